The number of thiazole rings is 1. The van der Waals surface area contributed by atoms with Crippen molar-refractivity contribution < 1.29 is 4.79 Å². The standard InChI is InChI=1S/C15H17N3OS/c1-16-14(19)12-6-4-5-11(9-12)13-10-17-15(20-13)18-7-2-3-8-18/h4-6,9-10H,2-3,7-8H2,1H3,(H,16,19). The molecule has 1 saturated heterocycles. The second-order valence-electron chi connectivity index (χ2n) is 4.86. The van der Waals surface area contributed by atoms with E-state index in [-0.39, 0.29) is 5.91 Å². The highest BCUT2D eigenvalue weighted by molar-refractivity contribution is 7.18. The maximum Gasteiger partial charge on any atom is 0.251 e. The Morgan fingerprint density at radius 3 is 2.90 bits per heavy atom. The molecule has 104 valence electrons. The van der Waals surface area contributed by atoms with E-state index in [1.807, 2.05) is 30.5 Å². The van der Waals surface area contributed by atoms with E-state index < -0.39 is 0 Å². The molecule has 2 heterocycles. The van der Waals surface area contributed by atoms with Gasteiger partial charge >= 0.3 is 0 Å². The number of benzene rings is 1. The summed E-state index contributed by atoms with van der Waals surface area (Å²) >= 11 is 1.69. The number of hydrogen-bond donors (Lipinski definition) is 1. The van der Waals surface area contributed by atoms with Gasteiger partial charge in [-0.3, -0.25) is 4.79 Å². The minimum absolute atomic E-state index is 0.0591. The number of aromatic nitrogens is 1. The van der Waals surface area contributed by atoms with Crippen LogP contribution in [-0.4, -0.2) is 31.0 Å². The van der Waals surface area contributed by atoms with Crippen LogP contribution < -0.4 is 10.2 Å². The van der Waals surface area contributed by atoms with E-state index in [1.54, 1.807) is 18.4 Å². The molecule has 1 aromatic heterocycles. The monoisotopic (exact) mass is 287 g/mol. The summed E-state index contributed by atoms with van der Waals surface area (Å²) in [5.74, 6) is -0.0591. The Labute approximate surface area is 122 Å². The average molecular weight is 287 g/mol. The van der Waals surface area contributed by atoms with Gasteiger partial charge in [0.1, 0.15) is 0 Å². The van der Waals surface area contributed by atoms with Gasteiger partial charge in [0.15, 0.2) is 5.13 Å². The van der Waals surface area contributed by atoms with Crippen molar-refractivity contribution in [2.24, 2.45) is 0 Å². The Bertz CT molecular complexity index is 617. The molecule has 4 nitrogen and oxygen atoms in total. The summed E-state index contributed by atoms with van der Waals surface area (Å²) in [6, 6.07) is 7.67. The van der Waals surface area contributed by atoms with Gasteiger partial charge in [-0.15, -0.1) is 0 Å². The van der Waals surface area contributed by atoms with Gasteiger partial charge in [-0.1, -0.05) is 23.5 Å². The Hall–Kier alpha value is -1.88. The summed E-state index contributed by atoms with van der Waals surface area (Å²) in [6.45, 7) is 2.20. The zero-order valence-corrected chi connectivity index (χ0v) is 12.2. The molecule has 0 bridgehead atoms. The quantitative estimate of drug-likeness (QED) is 0.944. The van der Waals surface area contributed by atoms with Crippen LogP contribution in [0.15, 0.2) is 30.5 Å². The van der Waals surface area contributed by atoms with E-state index in [0.29, 0.717) is 5.56 Å². The van der Waals surface area contributed by atoms with Crippen LogP contribution in [-0.2, 0) is 0 Å². The van der Waals surface area contributed by atoms with Crippen LogP contribution in [0.2, 0.25) is 0 Å². The summed E-state index contributed by atoms with van der Waals surface area (Å²) in [7, 11) is 1.65. The molecule has 3 rings (SSSR count). The molecular weight excluding hydrogens is 270 g/mol. The van der Waals surface area contributed by atoms with Crippen LogP contribution in [0.4, 0.5) is 5.13 Å². The molecule has 2 aromatic rings. The van der Waals surface area contributed by atoms with Crippen LogP contribution in [0.25, 0.3) is 10.4 Å². The van der Waals surface area contributed by atoms with Gasteiger partial charge in [-0.2, -0.15) is 0 Å². The normalized spacial score (nSPS) is 14.6. The van der Waals surface area contributed by atoms with Crippen LogP contribution in [0, 0.1) is 0 Å². The van der Waals surface area contributed by atoms with E-state index in [9.17, 15) is 4.79 Å². The first-order chi connectivity index (χ1) is 9.78. The number of anilines is 1. The zero-order valence-electron chi connectivity index (χ0n) is 11.4. The molecule has 1 fully saturated rings. The number of hydrogen-bond acceptors (Lipinski definition) is 4. The lowest BCUT2D eigenvalue weighted by Gasteiger charge is -2.12. The molecule has 0 atom stereocenters. The second kappa shape index (κ2) is 5.63. The molecular formula is C15H17N3OS. The van der Waals surface area contributed by atoms with Gasteiger partial charge in [0.2, 0.25) is 0 Å². The number of carbonyl (C=O) groups excluding carboxylic acids is 1. The van der Waals surface area contributed by atoms with E-state index in [1.165, 1.54) is 12.8 Å². The van der Waals surface area contributed by atoms with Gasteiger partial charge in [0.05, 0.1) is 4.88 Å². The molecule has 1 amide bonds. The third-order valence-electron chi connectivity index (χ3n) is 3.51. The first-order valence-electron chi connectivity index (χ1n) is 6.81. The molecule has 1 N–H and O–H groups in total. The lowest BCUT2D eigenvalue weighted by Crippen LogP contribution is -2.17. The first-order valence-corrected chi connectivity index (χ1v) is 7.63. The fraction of sp³-hybridized carbons (Fsp3) is 0.333. The molecule has 0 spiro atoms. The minimum Gasteiger partial charge on any atom is -0.355 e. The molecule has 20 heavy (non-hydrogen) atoms. The van der Waals surface area contributed by atoms with Crippen molar-refractivity contribution in [1.29, 1.82) is 0 Å². The Morgan fingerprint density at radius 1 is 1.35 bits per heavy atom. The van der Waals surface area contributed by atoms with Gasteiger partial charge < -0.3 is 10.2 Å². The van der Waals surface area contributed by atoms with Crippen LogP contribution in [0.5, 0.6) is 0 Å². The molecule has 1 aliphatic rings. The van der Waals surface area contributed by atoms with Crippen molar-refractivity contribution in [1.82, 2.24) is 10.3 Å². The third kappa shape index (κ3) is 2.54. The van der Waals surface area contributed by atoms with E-state index >= 15 is 0 Å². The maximum atomic E-state index is 11.7. The van der Waals surface area contributed by atoms with Crippen molar-refractivity contribution in [3.05, 3.63) is 36.0 Å². The summed E-state index contributed by atoms with van der Waals surface area (Å²) in [6.07, 6.45) is 4.41. The minimum atomic E-state index is -0.0591. The number of nitrogens with zero attached hydrogens (tertiary/aromatic N) is 2. The Kier molecular flexibility index (Phi) is 3.69. The predicted molar refractivity (Wildman–Crippen MR) is 82.4 cm³/mol. The summed E-state index contributed by atoms with van der Waals surface area (Å²) in [4.78, 5) is 19.6. The van der Waals surface area contributed by atoms with Crippen LogP contribution in [0.1, 0.15) is 23.2 Å². The highest BCUT2D eigenvalue weighted by atomic mass is 32.1. The number of rotatable bonds is 3. The smallest absolute Gasteiger partial charge is 0.251 e. The fourth-order valence-corrected chi connectivity index (χ4v) is 3.38. The molecule has 1 aliphatic heterocycles. The van der Waals surface area contributed by atoms with Gasteiger partial charge in [0, 0.05) is 31.9 Å². The van der Waals surface area contributed by atoms with E-state index in [2.05, 4.69) is 15.2 Å². The number of nitrogens with one attached hydrogen (secondary N) is 1. The van der Waals surface area contributed by atoms with E-state index in [4.69, 9.17) is 0 Å². The molecule has 0 saturated carbocycles. The van der Waals surface area contributed by atoms with Crippen molar-refractivity contribution >= 4 is 22.4 Å². The van der Waals surface area contributed by atoms with Crippen molar-refractivity contribution in [2.75, 3.05) is 25.0 Å². The SMILES string of the molecule is CNC(=O)c1cccc(-c2cnc(N3CCCC3)s2)c1. The molecule has 0 aliphatic carbocycles. The fourth-order valence-electron chi connectivity index (χ4n) is 2.41. The van der Waals surface area contributed by atoms with E-state index in [0.717, 1.165) is 28.7 Å². The second-order valence-corrected chi connectivity index (χ2v) is 5.87. The highest BCUT2D eigenvalue weighted by Gasteiger charge is 2.16. The topological polar surface area (TPSA) is 45.2 Å². The maximum absolute atomic E-state index is 11.7. The van der Waals surface area contributed by atoms with Gasteiger partial charge in [0.25, 0.3) is 5.91 Å². The van der Waals surface area contributed by atoms with Crippen molar-refractivity contribution in [2.45, 2.75) is 12.8 Å². The molecule has 0 unspecified atom stereocenters. The Balaban J connectivity index is 1.87. The number of carbonyl (C=O) groups is 1. The average Bonchev–Trinajstić information content (AvgIpc) is 3.17. The van der Waals surface area contributed by atoms with Crippen molar-refractivity contribution in [3.63, 3.8) is 0 Å². The molecule has 1 aromatic carbocycles. The molecule has 5 heteroatoms. The van der Waals surface area contributed by atoms with Gasteiger partial charge in [-0.25, -0.2) is 4.98 Å². The van der Waals surface area contributed by atoms with Crippen LogP contribution >= 0.6 is 11.3 Å². The highest BCUT2D eigenvalue weighted by Crippen LogP contribution is 2.32. The third-order valence-corrected chi connectivity index (χ3v) is 4.61. The number of amides is 1. The lowest BCUT2D eigenvalue weighted by atomic mass is 10.1. The van der Waals surface area contributed by atoms with Gasteiger partial charge in [-0.05, 0) is 30.5 Å². The summed E-state index contributed by atoms with van der Waals surface area (Å²) < 4.78 is 0. The zero-order chi connectivity index (χ0) is 13.9. The largest absolute Gasteiger partial charge is 0.355 e. The molecule has 0 radical (unpaired) electrons. The van der Waals surface area contributed by atoms with Crippen molar-refractivity contribution in [3.8, 4) is 10.4 Å². The van der Waals surface area contributed by atoms with Crippen LogP contribution in [0.3, 0.4) is 0 Å². The summed E-state index contributed by atoms with van der Waals surface area (Å²) in [5.41, 5.74) is 1.73. The Morgan fingerprint density at radius 2 is 2.15 bits per heavy atom. The lowest BCUT2D eigenvalue weighted by molar-refractivity contribution is 0.0963. The summed E-state index contributed by atoms with van der Waals surface area (Å²) in [5, 5.41) is 3.74. The first kappa shape index (κ1) is 13.1. The predicted octanol–water partition coefficient (Wildman–Crippen LogP) is 2.77.